The maximum absolute atomic E-state index is 12.7. The van der Waals surface area contributed by atoms with Crippen LogP contribution in [-0.4, -0.2) is 16.1 Å². The third kappa shape index (κ3) is 1.76. The highest BCUT2D eigenvalue weighted by molar-refractivity contribution is 5.85. The molecule has 2 N–H and O–H groups in total. The molecule has 14 heavy (non-hydrogen) atoms. The summed E-state index contributed by atoms with van der Waals surface area (Å²) in [5, 5.41) is 8.37. The SMILES string of the molecule is O=C(O)c1cc(C(F)F)c(F)c(=O)[nH]1. The minimum Gasteiger partial charge on any atom is -0.477 e. The van der Waals surface area contributed by atoms with Crippen molar-refractivity contribution in [3.05, 3.63) is 33.5 Å². The molecule has 7 heteroatoms. The molecule has 76 valence electrons. The summed E-state index contributed by atoms with van der Waals surface area (Å²) in [6.45, 7) is 0. The minimum absolute atomic E-state index is 0.393. The third-order valence-corrected chi connectivity index (χ3v) is 1.47. The molecule has 0 atom stereocenters. The summed E-state index contributed by atoms with van der Waals surface area (Å²) < 4.78 is 36.8. The van der Waals surface area contributed by atoms with Crippen LogP contribution in [0.4, 0.5) is 13.2 Å². The van der Waals surface area contributed by atoms with Crippen molar-refractivity contribution < 1.29 is 23.1 Å². The van der Waals surface area contributed by atoms with E-state index >= 15 is 0 Å². The lowest BCUT2D eigenvalue weighted by atomic mass is 10.2. The molecule has 0 spiro atoms. The molecule has 0 aliphatic carbocycles. The Labute approximate surface area is 75.0 Å². The third-order valence-electron chi connectivity index (χ3n) is 1.47. The van der Waals surface area contributed by atoms with Gasteiger partial charge in [0.2, 0.25) is 0 Å². The van der Waals surface area contributed by atoms with Gasteiger partial charge in [-0.15, -0.1) is 0 Å². The number of rotatable bonds is 2. The summed E-state index contributed by atoms with van der Waals surface area (Å²) >= 11 is 0. The lowest BCUT2D eigenvalue weighted by molar-refractivity contribution is 0.0689. The van der Waals surface area contributed by atoms with Crippen LogP contribution < -0.4 is 5.56 Å². The number of hydrogen-bond acceptors (Lipinski definition) is 2. The Morgan fingerprint density at radius 1 is 1.50 bits per heavy atom. The van der Waals surface area contributed by atoms with Gasteiger partial charge < -0.3 is 10.1 Å². The number of hydrogen-bond donors (Lipinski definition) is 2. The van der Waals surface area contributed by atoms with Crippen molar-refractivity contribution in [2.24, 2.45) is 0 Å². The number of carbonyl (C=O) groups is 1. The van der Waals surface area contributed by atoms with E-state index in [0.29, 0.717) is 6.07 Å². The second kappa shape index (κ2) is 3.52. The maximum Gasteiger partial charge on any atom is 0.352 e. The average Bonchev–Trinajstić information content (AvgIpc) is 2.08. The molecule has 0 aromatic carbocycles. The van der Waals surface area contributed by atoms with Gasteiger partial charge in [-0.1, -0.05) is 0 Å². The van der Waals surface area contributed by atoms with E-state index in [4.69, 9.17) is 5.11 Å². The first-order chi connectivity index (χ1) is 6.43. The van der Waals surface area contributed by atoms with E-state index in [1.807, 2.05) is 0 Å². The number of H-pyrrole nitrogens is 1. The zero-order chi connectivity index (χ0) is 10.9. The number of nitrogens with one attached hydrogen (secondary N) is 1. The molecule has 0 aliphatic heterocycles. The zero-order valence-electron chi connectivity index (χ0n) is 6.55. The van der Waals surface area contributed by atoms with E-state index in [-0.39, 0.29) is 0 Å². The predicted octanol–water partition coefficient (Wildman–Crippen LogP) is 1.15. The van der Waals surface area contributed by atoms with Crippen LogP contribution in [-0.2, 0) is 0 Å². The lowest BCUT2D eigenvalue weighted by Crippen LogP contribution is -2.18. The smallest absolute Gasteiger partial charge is 0.352 e. The van der Waals surface area contributed by atoms with Crippen molar-refractivity contribution >= 4 is 5.97 Å². The topological polar surface area (TPSA) is 70.2 Å². The highest BCUT2D eigenvalue weighted by Gasteiger charge is 2.19. The molecule has 1 aromatic heterocycles. The minimum atomic E-state index is -3.23. The lowest BCUT2D eigenvalue weighted by Gasteiger charge is -2.01. The van der Waals surface area contributed by atoms with Crippen molar-refractivity contribution in [3.63, 3.8) is 0 Å². The van der Waals surface area contributed by atoms with Crippen LogP contribution in [0.1, 0.15) is 22.5 Å². The second-order valence-electron chi connectivity index (χ2n) is 2.39. The molecule has 0 fully saturated rings. The summed E-state index contributed by atoms with van der Waals surface area (Å²) in [6.07, 6.45) is -3.23. The molecular weight excluding hydrogens is 203 g/mol. The Morgan fingerprint density at radius 2 is 2.07 bits per heavy atom. The van der Waals surface area contributed by atoms with E-state index in [1.54, 1.807) is 4.98 Å². The number of carboxylic acid groups (broad SMARTS) is 1. The van der Waals surface area contributed by atoms with E-state index < -0.39 is 35.0 Å². The van der Waals surface area contributed by atoms with E-state index in [2.05, 4.69) is 0 Å². The molecule has 0 amide bonds. The van der Waals surface area contributed by atoms with Gasteiger partial charge in [-0.3, -0.25) is 4.79 Å². The predicted molar refractivity (Wildman–Crippen MR) is 38.9 cm³/mol. The summed E-state index contributed by atoms with van der Waals surface area (Å²) in [7, 11) is 0. The van der Waals surface area contributed by atoms with E-state index in [0.717, 1.165) is 0 Å². The Hall–Kier alpha value is -1.79. The molecule has 4 nitrogen and oxygen atoms in total. The fourth-order valence-electron chi connectivity index (χ4n) is 0.837. The van der Waals surface area contributed by atoms with Crippen LogP contribution in [0.3, 0.4) is 0 Å². The largest absolute Gasteiger partial charge is 0.477 e. The summed E-state index contributed by atoms with van der Waals surface area (Å²) in [4.78, 5) is 22.6. The van der Waals surface area contributed by atoms with Crippen LogP contribution in [0.2, 0.25) is 0 Å². The Balaban J connectivity index is 3.43. The Kier molecular flexibility index (Phi) is 2.59. The summed E-state index contributed by atoms with van der Waals surface area (Å²) in [5.74, 6) is -3.27. The van der Waals surface area contributed by atoms with Crippen molar-refractivity contribution in [1.82, 2.24) is 4.98 Å². The maximum atomic E-state index is 12.7. The molecule has 0 saturated heterocycles. The van der Waals surface area contributed by atoms with Crippen molar-refractivity contribution in [1.29, 1.82) is 0 Å². The Bertz CT molecular complexity index is 427. The van der Waals surface area contributed by atoms with Gasteiger partial charge in [-0.25, -0.2) is 18.0 Å². The fraction of sp³-hybridized carbons (Fsp3) is 0.143. The van der Waals surface area contributed by atoms with Gasteiger partial charge in [0, 0.05) is 0 Å². The quantitative estimate of drug-likeness (QED) is 0.764. The van der Waals surface area contributed by atoms with Crippen LogP contribution in [0, 0.1) is 5.82 Å². The highest BCUT2D eigenvalue weighted by atomic mass is 19.3. The van der Waals surface area contributed by atoms with Gasteiger partial charge in [-0.2, -0.15) is 0 Å². The first-order valence-corrected chi connectivity index (χ1v) is 3.37. The van der Waals surface area contributed by atoms with Crippen molar-refractivity contribution in [2.75, 3.05) is 0 Å². The molecule has 1 heterocycles. The number of aromatic nitrogens is 1. The average molecular weight is 207 g/mol. The Morgan fingerprint density at radius 3 is 2.50 bits per heavy atom. The first kappa shape index (κ1) is 10.3. The highest BCUT2D eigenvalue weighted by Crippen LogP contribution is 2.19. The van der Waals surface area contributed by atoms with Crippen LogP contribution in [0.5, 0.6) is 0 Å². The number of alkyl halides is 2. The van der Waals surface area contributed by atoms with Crippen LogP contribution in [0.25, 0.3) is 0 Å². The number of aromatic amines is 1. The van der Waals surface area contributed by atoms with Gasteiger partial charge in [0.1, 0.15) is 5.69 Å². The van der Waals surface area contributed by atoms with Gasteiger partial charge >= 0.3 is 5.97 Å². The molecular formula is C7H4F3NO3. The van der Waals surface area contributed by atoms with Gasteiger partial charge in [0.05, 0.1) is 5.56 Å². The van der Waals surface area contributed by atoms with Crippen LogP contribution in [0.15, 0.2) is 10.9 Å². The van der Waals surface area contributed by atoms with Crippen molar-refractivity contribution in [2.45, 2.75) is 6.43 Å². The standard InChI is InChI=1S/C7H4F3NO3/c8-4-2(5(9)10)1-3(7(13)14)11-6(4)12/h1,5H,(H,11,12)(H,13,14). The second-order valence-corrected chi connectivity index (χ2v) is 2.39. The number of aromatic carboxylic acids is 1. The monoisotopic (exact) mass is 207 g/mol. The normalized spacial score (nSPS) is 10.6. The molecule has 1 rings (SSSR count). The van der Waals surface area contributed by atoms with Crippen LogP contribution >= 0.6 is 0 Å². The molecule has 1 aromatic rings. The molecule has 0 unspecified atom stereocenters. The first-order valence-electron chi connectivity index (χ1n) is 3.37. The zero-order valence-corrected chi connectivity index (χ0v) is 6.55. The van der Waals surface area contributed by atoms with E-state index in [1.165, 1.54) is 0 Å². The molecule has 0 aliphatic rings. The molecule has 0 bridgehead atoms. The number of halogens is 3. The summed E-state index contributed by atoms with van der Waals surface area (Å²) in [5.41, 5.74) is -3.46. The number of pyridine rings is 1. The van der Waals surface area contributed by atoms with Gasteiger partial charge in [0.15, 0.2) is 5.82 Å². The molecule has 0 saturated carbocycles. The van der Waals surface area contributed by atoms with E-state index in [9.17, 15) is 22.8 Å². The fourth-order valence-corrected chi connectivity index (χ4v) is 0.837. The molecule has 0 radical (unpaired) electrons. The summed E-state index contributed by atoms with van der Waals surface area (Å²) in [6, 6.07) is 0.393. The van der Waals surface area contributed by atoms with Gasteiger partial charge in [0.25, 0.3) is 12.0 Å². The van der Waals surface area contributed by atoms with Crippen molar-refractivity contribution in [3.8, 4) is 0 Å². The van der Waals surface area contributed by atoms with Gasteiger partial charge in [-0.05, 0) is 6.07 Å². The number of carboxylic acids is 1.